The first-order valence-electron chi connectivity index (χ1n) is 8.89. The average Bonchev–Trinajstić information content (AvgIpc) is 2.90. The molecule has 0 radical (unpaired) electrons. The van der Waals surface area contributed by atoms with Crippen molar-refractivity contribution in [2.75, 3.05) is 19.0 Å². The molecule has 148 valence electrons. The van der Waals surface area contributed by atoms with Crippen LogP contribution in [0.2, 0.25) is 0 Å². The van der Waals surface area contributed by atoms with Crippen LogP contribution < -0.4 is 10.9 Å². The number of hydrogen-bond donors (Lipinski definition) is 1. The van der Waals surface area contributed by atoms with E-state index in [2.05, 4.69) is 14.9 Å². The van der Waals surface area contributed by atoms with E-state index in [9.17, 15) is 9.59 Å². The summed E-state index contributed by atoms with van der Waals surface area (Å²) < 4.78 is 12.7. The molecule has 28 heavy (non-hydrogen) atoms. The van der Waals surface area contributed by atoms with Crippen LogP contribution in [0.15, 0.2) is 38.6 Å². The molecule has 0 spiro atoms. The lowest BCUT2D eigenvalue weighted by Gasteiger charge is -2.10. The maximum Gasteiger partial charge on any atom is 0.336 e. The number of nitrogens with zero attached hydrogens (tertiary/aromatic N) is 2. The summed E-state index contributed by atoms with van der Waals surface area (Å²) in [6.45, 7) is 6.79. The third kappa shape index (κ3) is 4.45. The van der Waals surface area contributed by atoms with Gasteiger partial charge >= 0.3 is 5.63 Å². The van der Waals surface area contributed by atoms with Crippen molar-refractivity contribution in [3.8, 4) is 0 Å². The maximum absolute atomic E-state index is 12.0. The highest BCUT2D eigenvalue weighted by atomic mass is 32.2. The van der Waals surface area contributed by atoms with E-state index in [1.807, 2.05) is 19.9 Å². The predicted molar refractivity (Wildman–Crippen MR) is 110 cm³/mol. The van der Waals surface area contributed by atoms with Crippen LogP contribution in [-0.4, -0.2) is 29.2 Å². The van der Waals surface area contributed by atoms with Crippen molar-refractivity contribution in [1.82, 2.24) is 9.55 Å². The number of fused-ring (bicyclic) bond motifs is 1. The summed E-state index contributed by atoms with van der Waals surface area (Å²) in [5.41, 5.74) is 3.58. The number of carbonyl (C=O) groups is 1. The van der Waals surface area contributed by atoms with Gasteiger partial charge in [-0.25, -0.2) is 9.78 Å². The van der Waals surface area contributed by atoms with E-state index in [1.54, 1.807) is 31.0 Å². The highest BCUT2D eigenvalue weighted by molar-refractivity contribution is 7.98. The minimum absolute atomic E-state index is 0.179. The molecule has 1 aromatic carbocycles. The topological polar surface area (TPSA) is 86.4 Å². The summed E-state index contributed by atoms with van der Waals surface area (Å²) in [4.78, 5) is 27.9. The molecule has 3 rings (SSSR count). The fourth-order valence-electron chi connectivity index (χ4n) is 2.95. The Balaban J connectivity index is 1.90. The third-order valence-corrected chi connectivity index (χ3v) is 5.47. The van der Waals surface area contributed by atoms with Gasteiger partial charge in [0.15, 0.2) is 5.16 Å². The molecule has 0 aliphatic carbocycles. The molecule has 0 aliphatic heterocycles. The van der Waals surface area contributed by atoms with Crippen LogP contribution in [0.3, 0.4) is 0 Å². The van der Waals surface area contributed by atoms with E-state index in [-0.39, 0.29) is 5.91 Å². The molecular weight excluding hydrogens is 378 g/mol. The number of anilines is 1. The van der Waals surface area contributed by atoms with Crippen molar-refractivity contribution in [1.29, 1.82) is 0 Å². The molecule has 7 nitrogen and oxygen atoms in total. The molecule has 1 amide bonds. The van der Waals surface area contributed by atoms with Gasteiger partial charge < -0.3 is 19.0 Å². The van der Waals surface area contributed by atoms with Gasteiger partial charge in [0.05, 0.1) is 12.3 Å². The number of imidazole rings is 1. The molecule has 2 aromatic heterocycles. The zero-order chi connectivity index (χ0) is 20.3. The van der Waals surface area contributed by atoms with Crippen molar-refractivity contribution in [2.45, 2.75) is 38.2 Å². The van der Waals surface area contributed by atoms with Crippen LogP contribution >= 0.6 is 11.8 Å². The van der Waals surface area contributed by atoms with Crippen molar-refractivity contribution >= 4 is 34.3 Å². The fraction of sp³-hybridized carbons (Fsp3) is 0.350. The number of nitrogens with one attached hydrogen (secondary N) is 1. The van der Waals surface area contributed by atoms with Gasteiger partial charge in [0, 0.05) is 55.2 Å². The van der Waals surface area contributed by atoms with Gasteiger partial charge in [0.2, 0.25) is 5.91 Å². The van der Waals surface area contributed by atoms with Gasteiger partial charge in [-0.3, -0.25) is 4.79 Å². The van der Waals surface area contributed by atoms with Crippen LogP contribution in [0, 0.1) is 13.8 Å². The first kappa shape index (κ1) is 20.2. The Morgan fingerprint density at radius 1 is 1.32 bits per heavy atom. The quantitative estimate of drug-likeness (QED) is 0.482. The van der Waals surface area contributed by atoms with Crippen LogP contribution in [-0.2, 0) is 21.8 Å². The summed E-state index contributed by atoms with van der Waals surface area (Å²) in [5.74, 6) is 0.395. The summed E-state index contributed by atoms with van der Waals surface area (Å²) >= 11 is 1.57. The van der Waals surface area contributed by atoms with Gasteiger partial charge in [0.1, 0.15) is 5.58 Å². The van der Waals surface area contributed by atoms with Gasteiger partial charge in [0.25, 0.3) is 0 Å². The minimum atomic E-state index is -0.418. The number of rotatable bonds is 7. The Hall–Kier alpha value is -2.58. The van der Waals surface area contributed by atoms with Gasteiger partial charge in [-0.05, 0) is 31.5 Å². The maximum atomic E-state index is 12.0. The molecule has 0 saturated carbocycles. The third-order valence-electron chi connectivity index (χ3n) is 4.45. The van der Waals surface area contributed by atoms with Crippen molar-refractivity contribution < 1.29 is 13.9 Å². The van der Waals surface area contributed by atoms with E-state index < -0.39 is 5.63 Å². The second-order valence-electron chi connectivity index (χ2n) is 6.48. The summed E-state index contributed by atoms with van der Waals surface area (Å²) in [6, 6.07) is 6.83. The Bertz CT molecular complexity index is 1070. The molecule has 0 bridgehead atoms. The van der Waals surface area contributed by atoms with Crippen LogP contribution in [0.4, 0.5) is 5.69 Å². The Labute approximate surface area is 167 Å². The summed E-state index contributed by atoms with van der Waals surface area (Å²) in [7, 11) is 1.68. The second kappa shape index (κ2) is 8.62. The zero-order valence-corrected chi connectivity index (χ0v) is 17.2. The number of carbonyl (C=O) groups excluding carboxylic acids is 1. The van der Waals surface area contributed by atoms with E-state index in [1.165, 1.54) is 13.0 Å². The molecule has 0 aliphatic rings. The lowest BCUT2D eigenvalue weighted by Crippen LogP contribution is -2.08. The number of ether oxygens (including phenoxy) is 1. The number of hydrogen-bond acceptors (Lipinski definition) is 6. The first-order valence-corrected chi connectivity index (χ1v) is 9.87. The van der Waals surface area contributed by atoms with E-state index in [0.717, 1.165) is 34.0 Å². The van der Waals surface area contributed by atoms with Crippen molar-refractivity contribution in [3.05, 3.63) is 51.6 Å². The molecule has 0 fully saturated rings. The van der Waals surface area contributed by atoms with Crippen molar-refractivity contribution in [3.63, 3.8) is 0 Å². The van der Waals surface area contributed by atoms with E-state index in [0.29, 0.717) is 23.6 Å². The Morgan fingerprint density at radius 2 is 2.11 bits per heavy atom. The number of benzene rings is 1. The molecule has 2 heterocycles. The molecule has 8 heteroatoms. The summed E-state index contributed by atoms with van der Waals surface area (Å²) in [5, 5.41) is 4.43. The van der Waals surface area contributed by atoms with Gasteiger partial charge in [-0.15, -0.1) is 0 Å². The minimum Gasteiger partial charge on any atom is -0.423 e. The Kier molecular flexibility index (Phi) is 6.21. The number of aryl methyl sites for hydroxylation is 1. The van der Waals surface area contributed by atoms with E-state index in [4.69, 9.17) is 9.15 Å². The van der Waals surface area contributed by atoms with Crippen LogP contribution in [0.1, 0.15) is 23.9 Å². The average molecular weight is 401 g/mol. The first-order chi connectivity index (χ1) is 13.4. The highest BCUT2D eigenvalue weighted by Gasteiger charge is 2.14. The van der Waals surface area contributed by atoms with Gasteiger partial charge in [-0.2, -0.15) is 0 Å². The normalized spacial score (nSPS) is 11.1. The predicted octanol–water partition coefficient (Wildman–Crippen LogP) is 3.50. The number of thioether (sulfide) groups is 1. The molecule has 0 unspecified atom stereocenters. The van der Waals surface area contributed by atoms with Crippen molar-refractivity contribution in [2.24, 2.45) is 0 Å². The number of amides is 1. The lowest BCUT2D eigenvalue weighted by atomic mass is 10.1. The monoisotopic (exact) mass is 401 g/mol. The van der Waals surface area contributed by atoms with Crippen LogP contribution in [0.5, 0.6) is 0 Å². The molecule has 0 atom stereocenters. The smallest absolute Gasteiger partial charge is 0.336 e. The highest BCUT2D eigenvalue weighted by Crippen LogP contribution is 2.28. The fourth-order valence-corrected chi connectivity index (χ4v) is 4.06. The number of methoxy groups -OCH3 is 1. The molecule has 0 saturated heterocycles. The second-order valence-corrected chi connectivity index (χ2v) is 7.42. The zero-order valence-electron chi connectivity index (χ0n) is 16.4. The standard InChI is InChI=1S/C20H23N3O4S/c1-12-13(2)23(7-8-26-4)20(21-12)28-11-15-9-19(25)27-18-10-16(22-14(3)24)5-6-17(15)18/h5-6,9-10H,7-8,11H2,1-4H3,(H,22,24). The SMILES string of the molecule is COCCn1c(SCc2cc(=O)oc3cc(NC(C)=O)ccc23)nc(C)c1C. The van der Waals surface area contributed by atoms with E-state index >= 15 is 0 Å². The Morgan fingerprint density at radius 3 is 2.82 bits per heavy atom. The largest absolute Gasteiger partial charge is 0.423 e. The van der Waals surface area contributed by atoms with Gasteiger partial charge in [-0.1, -0.05) is 11.8 Å². The van der Waals surface area contributed by atoms with Crippen LogP contribution in [0.25, 0.3) is 11.0 Å². The lowest BCUT2D eigenvalue weighted by molar-refractivity contribution is -0.114. The molecule has 3 aromatic rings. The number of aromatic nitrogens is 2. The molecule has 1 N–H and O–H groups in total. The molecular formula is C20H23N3O4S. The summed E-state index contributed by atoms with van der Waals surface area (Å²) in [6.07, 6.45) is 0.